The summed E-state index contributed by atoms with van der Waals surface area (Å²) in [5.74, 6) is 3.28. The highest BCUT2D eigenvalue weighted by atomic mass is 19.4. The molecule has 0 amide bonds. The van der Waals surface area contributed by atoms with Crippen LogP contribution in [0.25, 0.3) is 0 Å². The molecule has 0 atom stereocenters. The van der Waals surface area contributed by atoms with Gasteiger partial charge in [-0.1, -0.05) is 0 Å². The van der Waals surface area contributed by atoms with Crippen LogP contribution < -0.4 is 5.32 Å². The third-order valence-electron chi connectivity index (χ3n) is 5.77. The van der Waals surface area contributed by atoms with Gasteiger partial charge in [-0.3, -0.25) is 0 Å². The summed E-state index contributed by atoms with van der Waals surface area (Å²) in [5.41, 5.74) is 0.263. The van der Waals surface area contributed by atoms with Crippen LogP contribution in [-0.4, -0.2) is 6.04 Å². The molecule has 4 fully saturated rings. The van der Waals surface area contributed by atoms with E-state index in [0.29, 0.717) is 6.04 Å². The molecule has 0 saturated heterocycles. The van der Waals surface area contributed by atoms with Gasteiger partial charge < -0.3 is 5.32 Å². The van der Waals surface area contributed by atoms with Crippen molar-refractivity contribution < 1.29 is 13.2 Å². The van der Waals surface area contributed by atoms with E-state index in [9.17, 15) is 13.2 Å². The van der Waals surface area contributed by atoms with Gasteiger partial charge in [-0.2, -0.15) is 13.2 Å². The molecule has 4 heteroatoms. The molecule has 0 heterocycles. The highest BCUT2D eigenvalue weighted by Gasteiger charge is 2.48. The molecule has 0 aliphatic heterocycles. The fraction of sp³-hybridized carbons (Fsp3) is 0.647. The maximum Gasteiger partial charge on any atom is 0.416 e. The molecule has 4 aliphatic rings. The second-order valence-corrected chi connectivity index (χ2v) is 7.18. The number of alkyl halides is 3. The van der Waals surface area contributed by atoms with E-state index in [-0.39, 0.29) is 0 Å². The first-order valence-corrected chi connectivity index (χ1v) is 7.93. The largest absolute Gasteiger partial charge is 0.416 e. The number of halogens is 3. The number of anilines is 1. The van der Waals surface area contributed by atoms with E-state index in [1.807, 2.05) is 0 Å². The van der Waals surface area contributed by atoms with Crippen LogP contribution in [0.5, 0.6) is 0 Å². The van der Waals surface area contributed by atoms with Gasteiger partial charge in [0.1, 0.15) is 0 Å². The third-order valence-corrected chi connectivity index (χ3v) is 5.77. The van der Waals surface area contributed by atoms with Crippen LogP contribution in [0.4, 0.5) is 18.9 Å². The SMILES string of the molecule is FC(F)(F)c1ccc(NC2C3CC4CC(C3)CC2C4)cc1. The number of hydrogen-bond acceptors (Lipinski definition) is 1. The zero-order chi connectivity index (χ0) is 14.6. The van der Waals surface area contributed by atoms with Gasteiger partial charge in [0.2, 0.25) is 0 Å². The summed E-state index contributed by atoms with van der Waals surface area (Å²) in [6.45, 7) is 0. The Hall–Kier alpha value is -1.19. The van der Waals surface area contributed by atoms with Gasteiger partial charge in [0.05, 0.1) is 5.56 Å². The Kier molecular flexibility index (Phi) is 2.98. The van der Waals surface area contributed by atoms with Gasteiger partial charge in [-0.25, -0.2) is 0 Å². The average Bonchev–Trinajstić information content (AvgIpc) is 2.41. The highest BCUT2D eigenvalue weighted by molar-refractivity contribution is 5.46. The first-order chi connectivity index (χ1) is 9.99. The molecule has 1 N–H and O–H groups in total. The van der Waals surface area contributed by atoms with Crippen molar-refractivity contribution >= 4 is 5.69 Å². The van der Waals surface area contributed by atoms with E-state index in [4.69, 9.17) is 0 Å². The summed E-state index contributed by atoms with van der Waals surface area (Å²) >= 11 is 0. The smallest absolute Gasteiger partial charge is 0.382 e. The first-order valence-electron chi connectivity index (χ1n) is 7.93. The molecule has 0 aromatic heterocycles. The lowest BCUT2D eigenvalue weighted by atomic mass is 9.54. The highest BCUT2D eigenvalue weighted by Crippen LogP contribution is 2.54. The molecule has 4 aliphatic carbocycles. The maximum atomic E-state index is 12.6. The van der Waals surface area contributed by atoms with Crippen LogP contribution >= 0.6 is 0 Å². The molecule has 4 bridgehead atoms. The number of hydrogen-bond donors (Lipinski definition) is 1. The van der Waals surface area contributed by atoms with E-state index >= 15 is 0 Å². The van der Waals surface area contributed by atoms with Crippen LogP contribution in [0.3, 0.4) is 0 Å². The fourth-order valence-corrected chi connectivity index (χ4v) is 5.11. The van der Waals surface area contributed by atoms with Gasteiger partial charge >= 0.3 is 6.18 Å². The van der Waals surface area contributed by atoms with Crippen LogP contribution in [0.15, 0.2) is 24.3 Å². The minimum absolute atomic E-state index is 0.467. The van der Waals surface area contributed by atoms with Gasteiger partial charge in [0.15, 0.2) is 0 Å². The molecule has 0 spiro atoms. The Labute approximate surface area is 122 Å². The second-order valence-electron chi connectivity index (χ2n) is 7.18. The second kappa shape index (κ2) is 4.65. The number of nitrogens with one attached hydrogen (secondary N) is 1. The summed E-state index contributed by atoms with van der Waals surface area (Å²) in [6, 6.07) is 5.98. The van der Waals surface area contributed by atoms with Crippen molar-refractivity contribution in [1.82, 2.24) is 0 Å². The maximum absolute atomic E-state index is 12.6. The van der Waals surface area contributed by atoms with Crippen molar-refractivity contribution in [3.8, 4) is 0 Å². The minimum Gasteiger partial charge on any atom is -0.382 e. The molecule has 4 saturated carbocycles. The zero-order valence-electron chi connectivity index (χ0n) is 11.9. The predicted molar refractivity (Wildman–Crippen MR) is 75.9 cm³/mol. The minimum atomic E-state index is -4.25. The monoisotopic (exact) mass is 295 g/mol. The molecule has 5 rings (SSSR count). The molecule has 1 nitrogen and oxygen atoms in total. The van der Waals surface area contributed by atoms with Crippen LogP contribution in [0, 0.1) is 23.7 Å². The lowest BCUT2D eigenvalue weighted by molar-refractivity contribution is -0.137. The Morgan fingerprint density at radius 2 is 1.33 bits per heavy atom. The van der Waals surface area contributed by atoms with Crippen molar-refractivity contribution in [2.45, 2.75) is 44.3 Å². The lowest BCUT2D eigenvalue weighted by Crippen LogP contribution is -2.51. The van der Waals surface area contributed by atoms with Gasteiger partial charge in [-0.15, -0.1) is 0 Å². The summed E-state index contributed by atoms with van der Waals surface area (Å²) in [4.78, 5) is 0. The molecule has 0 unspecified atom stereocenters. The van der Waals surface area contributed by atoms with Crippen LogP contribution in [0.1, 0.15) is 37.7 Å². The fourth-order valence-electron chi connectivity index (χ4n) is 5.11. The lowest BCUT2D eigenvalue weighted by Gasteiger charge is -2.54. The van der Waals surface area contributed by atoms with Crippen LogP contribution in [-0.2, 0) is 6.18 Å². The number of benzene rings is 1. The molecule has 1 aromatic carbocycles. The summed E-state index contributed by atoms with van der Waals surface area (Å²) in [5, 5.41) is 3.54. The first kappa shape index (κ1) is 13.5. The summed E-state index contributed by atoms with van der Waals surface area (Å²) in [6.07, 6.45) is 2.41. The van der Waals surface area contributed by atoms with Crippen molar-refractivity contribution in [2.24, 2.45) is 23.7 Å². The molecular formula is C17H20F3N. The molecule has 0 radical (unpaired) electrons. The van der Waals surface area contributed by atoms with Gasteiger partial charge in [0.25, 0.3) is 0 Å². The van der Waals surface area contributed by atoms with Gasteiger partial charge in [-0.05, 0) is 80.0 Å². The van der Waals surface area contributed by atoms with Gasteiger partial charge in [0, 0.05) is 11.7 Å². The van der Waals surface area contributed by atoms with E-state index in [1.165, 1.54) is 44.2 Å². The van der Waals surface area contributed by atoms with E-state index in [2.05, 4.69) is 5.32 Å². The van der Waals surface area contributed by atoms with E-state index < -0.39 is 11.7 Å². The van der Waals surface area contributed by atoms with E-state index in [0.717, 1.165) is 29.4 Å². The van der Waals surface area contributed by atoms with Crippen molar-refractivity contribution in [3.05, 3.63) is 29.8 Å². The molecule has 114 valence electrons. The quantitative estimate of drug-likeness (QED) is 0.814. The molecule has 1 aromatic rings. The molecule has 21 heavy (non-hydrogen) atoms. The normalized spacial score (nSPS) is 37.8. The molecular weight excluding hydrogens is 275 g/mol. The predicted octanol–water partition coefficient (Wildman–Crippen LogP) is 4.94. The Morgan fingerprint density at radius 3 is 1.81 bits per heavy atom. The Bertz CT molecular complexity index is 492. The standard InChI is InChI=1S/C17H20F3N/c18-17(19,20)14-1-3-15(4-2-14)21-16-12-6-10-5-11(8-12)9-13(16)7-10/h1-4,10-13,16,21H,5-9H2. The topological polar surface area (TPSA) is 12.0 Å². The van der Waals surface area contributed by atoms with Crippen molar-refractivity contribution in [2.75, 3.05) is 5.32 Å². The zero-order valence-corrected chi connectivity index (χ0v) is 11.9. The summed E-state index contributed by atoms with van der Waals surface area (Å²) < 4.78 is 37.8. The van der Waals surface area contributed by atoms with Crippen molar-refractivity contribution in [3.63, 3.8) is 0 Å². The van der Waals surface area contributed by atoms with Crippen LogP contribution in [0.2, 0.25) is 0 Å². The van der Waals surface area contributed by atoms with E-state index in [1.54, 1.807) is 12.1 Å². The Balaban J connectivity index is 1.49. The Morgan fingerprint density at radius 1 is 0.810 bits per heavy atom. The average molecular weight is 295 g/mol. The van der Waals surface area contributed by atoms with Crippen molar-refractivity contribution in [1.29, 1.82) is 0 Å². The third kappa shape index (κ3) is 2.43. The number of rotatable bonds is 2. The summed E-state index contributed by atoms with van der Waals surface area (Å²) in [7, 11) is 0.